The van der Waals surface area contributed by atoms with E-state index in [4.69, 9.17) is 4.74 Å². The molecule has 1 atom stereocenters. The quantitative estimate of drug-likeness (QED) is 0.598. The van der Waals surface area contributed by atoms with Gasteiger partial charge in [-0.2, -0.15) is 0 Å². The number of ketones is 1. The van der Waals surface area contributed by atoms with Crippen LogP contribution in [0, 0.1) is 0 Å². The van der Waals surface area contributed by atoms with Crippen LogP contribution in [0.15, 0.2) is 48.5 Å². The van der Waals surface area contributed by atoms with Crippen LogP contribution < -0.4 is 15.4 Å². The lowest BCUT2D eigenvalue weighted by Crippen LogP contribution is -2.39. The number of nitrogens with one attached hydrogen (secondary N) is 2. The third kappa shape index (κ3) is 5.64. The predicted octanol–water partition coefficient (Wildman–Crippen LogP) is 4.56. The van der Waals surface area contributed by atoms with Gasteiger partial charge < -0.3 is 15.4 Å². The lowest BCUT2D eigenvalue weighted by atomic mass is 10.0. The number of anilines is 1. The van der Waals surface area contributed by atoms with E-state index in [2.05, 4.69) is 24.5 Å². The van der Waals surface area contributed by atoms with Crippen molar-refractivity contribution in [2.24, 2.45) is 0 Å². The van der Waals surface area contributed by atoms with Gasteiger partial charge in [0, 0.05) is 11.3 Å². The lowest BCUT2D eigenvalue weighted by Gasteiger charge is -2.17. The molecular weight excluding hydrogens is 316 g/mol. The van der Waals surface area contributed by atoms with Crippen molar-refractivity contribution in [1.82, 2.24) is 5.32 Å². The molecule has 0 aromatic heterocycles. The van der Waals surface area contributed by atoms with Crippen LogP contribution in [0.1, 0.15) is 49.5 Å². The highest BCUT2D eigenvalue weighted by molar-refractivity contribution is 5.96. The van der Waals surface area contributed by atoms with E-state index in [0.29, 0.717) is 22.9 Å². The summed E-state index contributed by atoms with van der Waals surface area (Å²) in [5.41, 5.74) is 2.34. The monoisotopic (exact) mass is 340 g/mol. The molecule has 0 radical (unpaired) electrons. The summed E-state index contributed by atoms with van der Waals surface area (Å²) >= 11 is 0. The number of amides is 2. The maximum atomic E-state index is 12.1. The minimum absolute atomic E-state index is 0.0504. The fourth-order valence-corrected chi connectivity index (χ4v) is 2.33. The Balaban J connectivity index is 1.89. The van der Waals surface area contributed by atoms with Gasteiger partial charge in [0.05, 0.1) is 0 Å². The number of ether oxygens (including phenoxy) is 1. The van der Waals surface area contributed by atoms with E-state index >= 15 is 0 Å². The van der Waals surface area contributed by atoms with Gasteiger partial charge >= 0.3 is 6.03 Å². The molecular formula is C20H24N2O3. The molecule has 0 saturated heterocycles. The van der Waals surface area contributed by atoms with Crippen LogP contribution in [0.2, 0.25) is 0 Å². The van der Waals surface area contributed by atoms with Gasteiger partial charge in [0.15, 0.2) is 12.0 Å². The number of hydrogen-bond donors (Lipinski definition) is 2. The highest BCUT2D eigenvalue weighted by Gasteiger charge is 2.10. The number of Topliss-reactive ketones (excluding diaryl/α,β-unsaturated/α-hetero) is 1. The molecule has 2 aromatic rings. The zero-order valence-electron chi connectivity index (χ0n) is 15.0. The standard InChI is InChI=1S/C20H24N2O3/c1-13(2)16-8-10-19(11-9-16)25-15(4)21-20(24)22-18-7-5-6-17(12-18)14(3)23/h5-13,15H,1-4H3,(H2,21,22,24). The summed E-state index contributed by atoms with van der Waals surface area (Å²) in [6, 6.07) is 14.2. The Kier molecular flexibility index (Phi) is 6.17. The molecule has 2 rings (SSSR count). The molecule has 5 heteroatoms. The normalized spacial score (nSPS) is 11.7. The number of carbonyl (C=O) groups excluding carboxylic acids is 2. The minimum Gasteiger partial charge on any atom is -0.471 e. The van der Waals surface area contributed by atoms with E-state index in [-0.39, 0.29) is 5.78 Å². The molecule has 2 N–H and O–H groups in total. The second kappa shape index (κ2) is 8.33. The van der Waals surface area contributed by atoms with Crippen LogP contribution in [-0.2, 0) is 0 Å². The van der Waals surface area contributed by atoms with Gasteiger partial charge in [-0.3, -0.25) is 4.79 Å². The van der Waals surface area contributed by atoms with Gasteiger partial charge in [0.2, 0.25) is 0 Å². The third-order valence-electron chi connectivity index (χ3n) is 3.72. The van der Waals surface area contributed by atoms with Gasteiger partial charge in [-0.05, 0) is 49.6 Å². The maximum Gasteiger partial charge on any atom is 0.322 e. The molecule has 0 heterocycles. The molecule has 0 spiro atoms. The van der Waals surface area contributed by atoms with Gasteiger partial charge in [-0.25, -0.2) is 4.79 Å². The van der Waals surface area contributed by atoms with Crippen molar-refractivity contribution in [3.05, 3.63) is 59.7 Å². The van der Waals surface area contributed by atoms with E-state index in [9.17, 15) is 9.59 Å². The first kappa shape index (κ1) is 18.5. The molecule has 2 amide bonds. The largest absolute Gasteiger partial charge is 0.471 e. The first-order valence-electron chi connectivity index (χ1n) is 8.30. The number of hydrogen-bond acceptors (Lipinski definition) is 3. The Labute approximate surface area is 148 Å². The summed E-state index contributed by atoms with van der Waals surface area (Å²) in [5.74, 6) is 1.10. The average Bonchev–Trinajstić information content (AvgIpc) is 2.55. The molecule has 0 saturated carbocycles. The highest BCUT2D eigenvalue weighted by atomic mass is 16.5. The number of benzene rings is 2. The summed E-state index contributed by atoms with van der Waals surface area (Å²) in [6.07, 6.45) is -0.499. The predicted molar refractivity (Wildman–Crippen MR) is 99.2 cm³/mol. The Bertz CT molecular complexity index is 739. The van der Waals surface area contributed by atoms with Crippen LogP contribution in [0.5, 0.6) is 5.75 Å². The first-order valence-corrected chi connectivity index (χ1v) is 8.30. The van der Waals surface area contributed by atoms with E-state index in [1.54, 1.807) is 31.2 Å². The van der Waals surface area contributed by atoms with Crippen molar-refractivity contribution >= 4 is 17.5 Å². The summed E-state index contributed by atoms with van der Waals surface area (Å²) in [6.45, 7) is 7.50. The maximum absolute atomic E-state index is 12.1. The van der Waals surface area contributed by atoms with E-state index < -0.39 is 12.3 Å². The zero-order chi connectivity index (χ0) is 18.4. The van der Waals surface area contributed by atoms with Crippen molar-refractivity contribution in [1.29, 1.82) is 0 Å². The minimum atomic E-state index is -0.499. The summed E-state index contributed by atoms with van der Waals surface area (Å²) in [7, 11) is 0. The second-order valence-electron chi connectivity index (χ2n) is 6.22. The third-order valence-corrected chi connectivity index (χ3v) is 3.72. The van der Waals surface area contributed by atoms with Crippen LogP contribution in [0.4, 0.5) is 10.5 Å². The Morgan fingerprint density at radius 1 is 1.00 bits per heavy atom. The second-order valence-corrected chi connectivity index (χ2v) is 6.22. The summed E-state index contributed by atoms with van der Waals surface area (Å²) in [5, 5.41) is 5.40. The van der Waals surface area contributed by atoms with Crippen LogP contribution in [-0.4, -0.2) is 18.0 Å². The molecule has 2 aromatic carbocycles. The summed E-state index contributed by atoms with van der Waals surface area (Å²) in [4.78, 5) is 23.4. The van der Waals surface area contributed by atoms with Gasteiger partial charge in [-0.1, -0.05) is 38.1 Å². The fourth-order valence-electron chi connectivity index (χ4n) is 2.33. The number of urea groups is 1. The van der Waals surface area contributed by atoms with E-state index in [1.165, 1.54) is 12.5 Å². The smallest absolute Gasteiger partial charge is 0.322 e. The van der Waals surface area contributed by atoms with Gasteiger partial charge in [0.25, 0.3) is 0 Å². The van der Waals surface area contributed by atoms with Gasteiger partial charge in [0.1, 0.15) is 5.75 Å². The average molecular weight is 340 g/mol. The van der Waals surface area contributed by atoms with Crippen LogP contribution >= 0.6 is 0 Å². The Morgan fingerprint density at radius 3 is 2.28 bits per heavy atom. The summed E-state index contributed by atoms with van der Waals surface area (Å²) < 4.78 is 5.69. The van der Waals surface area contributed by atoms with Crippen molar-refractivity contribution in [3.63, 3.8) is 0 Å². The molecule has 5 nitrogen and oxygen atoms in total. The zero-order valence-corrected chi connectivity index (χ0v) is 15.0. The van der Waals surface area contributed by atoms with Crippen molar-refractivity contribution in [2.75, 3.05) is 5.32 Å². The molecule has 0 aliphatic heterocycles. The first-order chi connectivity index (χ1) is 11.8. The molecule has 0 fully saturated rings. The topological polar surface area (TPSA) is 67.4 Å². The SMILES string of the molecule is CC(=O)c1cccc(NC(=O)NC(C)Oc2ccc(C(C)C)cc2)c1. The van der Waals surface area contributed by atoms with Gasteiger partial charge in [-0.15, -0.1) is 0 Å². The van der Waals surface area contributed by atoms with Crippen LogP contribution in [0.3, 0.4) is 0 Å². The molecule has 1 unspecified atom stereocenters. The van der Waals surface area contributed by atoms with Crippen molar-refractivity contribution in [3.8, 4) is 5.75 Å². The van der Waals surface area contributed by atoms with Crippen LogP contribution in [0.25, 0.3) is 0 Å². The lowest BCUT2D eigenvalue weighted by molar-refractivity contribution is 0.101. The van der Waals surface area contributed by atoms with E-state index in [1.807, 2.05) is 24.3 Å². The molecule has 132 valence electrons. The van der Waals surface area contributed by atoms with Crippen molar-refractivity contribution < 1.29 is 14.3 Å². The Hall–Kier alpha value is -2.82. The number of carbonyl (C=O) groups is 2. The fraction of sp³-hybridized carbons (Fsp3) is 0.300. The van der Waals surface area contributed by atoms with E-state index in [0.717, 1.165) is 0 Å². The Morgan fingerprint density at radius 2 is 1.68 bits per heavy atom. The van der Waals surface area contributed by atoms with Crippen molar-refractivity contribution in [2.45, 2.75) is 39.8 Å². The molecule has 0 bridgehead atoms. The molecule has 25 heavy (non-hydrogen) atoms. The highest BCUT2D eigenvalue weighted by Crippen LogP contribution is 2.19. The molecule has 0 aliphatic carbocycles. The molecule has 0 aliphatic rings. The number of rotatable bonds is 6.